The smallest absolute Gasteiger partial charge is 0.160 e. The molecule has 0 fully saturated rings. The van der Waals surface area contributed by atoms with Gasteiger partial charge < -0.3 is 0 Å². The predicted molar refractivity (Wildman–Crippen MR) is 239 cm³/mol. The Morgan fingerprint density at radius 3 is 1.70 bits per heavy atom. The molecule has 0 spiro atoms. The number of benzene rings is 9. The van der Waals surface area contributed by atoms with Gasteiger partial charge in [0.1, 0.15) is 0 Å². The van der Waals surface area contributed by atoms with E-state index in [0.717, 1.165) is 33.9 Å². The molecule has 11 rings (SSSR count). The van der Waals surface area contributed by atoms with Crippen LogP contribution >= 0.6 is 0 Å². The molecule has 0 amide bonds. The molecule has 10 aromatic rings. The fourth-order valence-electron chi connectivity index (χ4n) is 9.14. The Balaban J connectivity index is 1.06. The maximum atomic E-state index is 5.31. The molecule has 2 nitrogen and oxygen atoms in total. The second-order valence-corrected chi connectivity index (χ2v) is 15.8. The molecular weight excluding hydrogens is 689 g/mol. The van der Waals surface area contributed by atoms with Crippen molar-refractivity contribution in [2.75, 3.05) is 0 Å². The third-order valence-corrected chi connectivity index (χ3v) is 12.0. The lowest BCUT2D eigenvalue weighted by atomic mass is 9.81. The molecule has 0 saturated carbocycles. The normalized spacial score (nSPS) is 12.9. The van der Waals surface area contributed by atoms with Crippen LogP contribution in [-0.4, -0.2) is 9.97 Å². The van der Waals surface area contributed by atoms with Crippen molar-refractivity contribution in [2.24, 2.45) is 0 Å². The maximum Gasteiger partial charge on any atom is 0.160 e. The summed E-state index contributed by atoms with van der Waals surface area (Å²) < 4.78 is 0. The highest BCUT2D eigenvalue weighted by Crippen LogP contribution is 2.53. The van der Waals surface area contributed by atoms with Crippen LogP contribution in [0.25, 0.3) is 99.6 Å². The first-order chi connectivity index (χ1) is 28.0. The van der Waals surface area contributed by atoms with Gasteiger partial charge in [0, 0.05) is 22.1 Å². The second kappa shape index (κ2) is 13.0. The Hall–Kier alpha value is -7.16. The molecular formula is C55H38N2. The van der Waals surface area contributed by atoms with Gasteiger partial charge in [0.15, 0.2) is 5.82 Å². The van der Waals surface area contributed by atoms with Crippen LogP contribution in [0, 0.1) is 0 Å². The Bertz CT molecular complexity index is 3200. The van der Waals surface area contributed by atoms with Crippen molar-refractivity contribution >= 4 is 32.3 Å². The summed E-state index contributed by atoms with van der Waals surface area (Å²) in [5.74, 6) is 0.719. The molecule has 0 unspecified atom stereocenters. The zero-order chi connectivity index (χ0) is 38.1. The second-order valence-electron chi connectivity index (χ2n) is 15.8. The van der Waals surface area contributed by atoms with E-state index in [2.05, 4.69) is 202 Å². The molecule has 1 aliphatic rings. The fourth-order valence-corrected chi connectivity index (χ4v) is 9.14. The topological polar surface area (TPSA) is 25.8 Å². The van der Waals surface area contributed by atoms with E-state index in [9.17, 15) is 0 Å². The van der Waals surface area contributed by atoms with Gasteiger partial charge in [0.25, 0.3) is 0 Å². The van der Waals surface area contributed by atoms with Gasteiger partial charge in [-0.2, -0.15) is 0 Å². The summed E-state index contributed by atoms with van der Waals surface area (Å²) in [4.78, 5) is 10.6. The third kappa shape index (κ3) is 5.48. The van der Waals surface area contributed by atoms with Gasteiger partial charge in [-0.15, -0.1) is 0 Å². The minimum Gasteiger partial charge on any atom is -0.228 e. The maximum absolute atomic E-state index is 5.31. The molecule has 0 atom stereocenters. The summed E-state index contributed by atoms with van der Waals surface area (Å²) in [5, 5.41) is 7.38. The molecule has 268 valence electrons. The van der Waals surface area contributed by atoms with E-state index in [4.69, 9.17) is 9.97 Å². The highest BCUT2D eigenvalue weighted by atomic mass is 14.9. The molecule has 1 aromatic heterocycles. The molecule has 0 saturated heterocycles. The standard InChI is InChI=1S/C55H38N2/c1-55(2)48-23-13-22-46(53(48)47-32-38-19-9-10-20-39(38)33-49(47)55)51-34-50(56-54(57-51)37-17-7-4-8-18-37)43-27-25-40-30-42(26-24-41(40)31-43)45-29-28-35-14-11-12-21-44(35)52(45)36-15-5-3-6-16-36/h3-34H,1-2H3. The number of aromatic nitrogens is 2. The van der Waals surface area contributed by atoms with Gasteiger partial charge in [0.2, 0.25) is 0 Å². The van der Waals surface area contributed by atoms with E-state index in [1.54, 1.807) is 0 Å². The number of nitrogens with zero attached hydrogens (tertiary/aromatic N) is 2. The molecule has 1 aliphatic carbocycles. The first-order valence-corrected chi connectivity index (χ1v) is 19.7. The van der Waals surface area contributed by atoms with E-state index in [1.165, 1.54) is 76.8 Å². The van der Waals surface area contributed by atoms with Crippen molar-refractivity contribution in [3.05, 3.63) is 205 Å². The third-order valence-electron chi connectivity index (χ3n) is 12.0. The summed E-state index contributed by atoms with van der Waals surface area (Å²) in [6.45, 7) is 4.69. The zero-order valence-corrected chi connectivity index (χ0v) is 31.9. The van der Waals surface area contributed by atoms with E-state index in [-0.39, 0.29) is 5.41 Å². The van der Waals surface area contributed by atoms with Gasteiger partial charge in [-0.25, -0.2) is 9.97 Å². The van der Waals surface area contributed by atoms with Crippen LogP contribution in [0.2, 0.25) is 0 Å². The largest absolute Gasteiger partial charge is 0.228 e. The number of hydrogen-bond donors (Lipinski definition) is 0. The van der Waals surface area contributed by atoms with Crippen LogP contribution in [0.15, 0.2) is 194 Å². The summed E-state index contributed by atoms with van der Waals surface area (Å²) in [6.07, 6.45) is 0. The first kappa shape index (κ1) is 33.2. The monoisotopic (exact) mass is 726 g/mol. The van der Waals surface area contributed by atoms with Crippen molar-refractivity contribution in [1.29, 1.82) is 0 Å². The van der Waals surface area contributed by atoms with Crippen molar-refractivity contribution in [3.8, 4) is 67.3 Å². The quantitative estimate of drug-likeness (QED) is 0.176. The number of rotatable bonds is 5. The van der Waals surface area contributed by atoms with E-state index in [0.29, 0.717) is 0 Å². The van der Waals surface area contributed by atoms with E-state index in [1.807, 2.05) is 6.07 Å². The molecule has 2 heteroatoms. The zero-order valence-electron chi connectivity index (χ0n) is 31.9. The highest BCUT2D eigenvalue weighted by molar-refractivity contribution is 6.05. The highest BCUT2D eigenvalue weighted by Gasteiger charge is 2.37. The van der Waals surface area contributed by atoms with Crippen LogP contribution in [-0.2, 0) is 5.41 Å². The van der Waals surface area contributed by atoms with Crippen molar-refractivity contribution in [1.82, 2.24) is 9.97 Å². The van der Waals surface area contributed by atoms with E-state index < -0.39 is 0 Å². The van der Waals surface area contributed by atoms with Gasteiger partial charge >= 0.3 is 0 Å². The molecule has 1 heterocycles. The van der Waals surface area contributed by atoms with Gasteiger partial charge in [-0.3, -0.25) is 0 Å². The van der Waals surface area contributed by atoms with E-state index >= 15 is 0 Å². The summed E-state index contributed by atoms with van der Waals surface area (Å²) in [5.41, 5.74) is 15.0. The van der Waals surface area contributed by atoms with Gasteiger partial charge in [-0.05, 0) is 107 Å². The van der Waals surface area contributed by atoms with Crippen LogP contribution in [0.5, 0.6) is 0 Å². The van der Waals surface area contributed by atoms with Crippen molar-refractivity contribution in [2.45, 2.75) is 19.3 Å². The average molecular weight is 727 g/mol. The summed E-state index contributed by atoms with van der Waals surface area (Å²) in [7, 11) is 0. The lowest BCUT2D eigenvalue weighted by Crippen LogP contribution is -2.14. The Labute approximate surface area is 332 Å². The predicted octanol–water partition coefficient (Wildman–Crippen LogP) is 14.6. The van der Waals surface area contributed by atoms with Gasteiger partial charge in [0.05, 0.1) is 11.4 Å². The lowest BCUT2D eigenvalue weighted by molar-refractivity contribution is 0.661. The number of hydrogen-bond acceptors (Lipinski definition) is 2. The Morgan fingerprint density at radius 2 is 0.930 bits per heavy atom. The van der Waals surface area contributed by atoms with Crippen LogP contribution in [0.1, 0.15) is 25.0 Å². The minimum atomic E-state index is -0.144. The Kier molecular flexibility index (Phi) is 7.55. The molecule has 57 heavy (non-hydrogen) atoms. The van der Waals surface area contributed by atoms with Crippen molar-refractivity contribution in [3.63, 3.8) is 0 Å². The van der Waals surface area contributed by atoms with Crippen LogP contribution in [0.4, 0.5) is 0 Å². The minimum absolute atomic E-state index is 0.144. The Morgan fingerprint density at radius 1 is 0.333 bits per heavy atom. The SMILES string of the molecule is CC1(C)c2cc3ccccc3cc2-c2c(-c3cc(-c4ccc5cc(-c6ccc7ccccc7c6-c6ccccc6)ccc5c4)nc(-c4ccccc4)n3)cccc21. The fraction of sp³-hybridized carbons (Fsp3) is 0.0545. The summed E-state index contributed by atoms with van der Waals surface area (Å²) in [6, 6.07) is 70.2. The van der Waals surface area contributed by atoms with Gasteiger partial charge in [-0.1, -0.05) is 178 Å². The molecule has 9 aromatic carbocycles. The molecule has 0 bridgehead atoms. The van der Waals surface area contributed by atoms with Crippen LogP contribution < -0.4 is 0 Å². The molecule has 0 radical (unpaired) electrons. The van der Waals surface area contributed by atoms with Crippen LogP contribution in [0.3, 0.4) is 0 Å². The summed E-state index contributed by atoms with van der Waals surface area (Å²) >= 11 is 0. The molecule has 0 aliphatic heterocycles. The lowest BCUT2D eigenvalue weighted by Gasteiger charge is -2.22. The first-order valence-electron chi connectivity index (χ1n) is 19.7. The molecule has 0 N–H and O–H groups in total. The average Bonchev–Trinajstić information content (AvgIpc) is 3.50. The number of fused-ring (bicyclic) bond motifs is 6. The van der Waals surface area contributed by atoms with Crippen molar-refractivity contribution < 1.29 is 0 Å².